The van der Waals surface area contributed by atoms with E-state index in [9.17, 15) is 4.79 Å². The lowest BCUT2D eigenvalue weighted by molar-refractivity contribution is 0.0632. The van der Waals surface area contributed by atoms with Gasteiger partial charge in [-0.3, -0.25) is 9.78 Å². The van der Waals surface area contributed by atoms with Crippen LogP contribution in [0.5, 0.6) is 0 Å². The lowest BCUT2D eigenvalue weighted by Crippen LogP contribution is -2.38. The van der Waals surface area contributed by atoms with E-state index in [1.165, 1.54) is 0 Å². The highest BCUT2D eigenvalue weighted by Gasteiger charge is 2.30. The fourth-order valence-corrected chi connectivity index (χ4v) is 3.30. The van der Waals surface area contributed by atoms with E-state index < -0.39 is 0 Å². The SMILES string of the molecule is COC[C@H]1CCCN1C(=O)c1cc(C)nc2cc(Cl)ccc12. The van der Waals surface area contributed by atoms with Crippen LogP contribution < -0.4 is 0 Å². The van der Waals surface area contributed by atoms with Crippen LogP contribution in [0.1, 0.15) is 28.9 Å². The Bertz CT molecular complexity index is 712. The van der Waals surface area contributed by atoms with E-state index in [-0.39, 0.29) is 11.9 Å². The molecule has 0 spiro atoms. The van der Waals surface area contributed by atoms with Crippen molar-refractivity contribution in [1.29, 1.82) is 0 Å². The Balaban J connectivity index is 2.03. The third kappa shape index (κ3) is 2.81. The first-order valence-electron chi connectivity index (χ1n) is 7.47. The van der Waals surface area contributed by atoms with Crippen molar-refractivity contribution < 1.29 is 9.53 Å². The Morgan fingerprint density at radius 2 is 2.27 bits per heavy atom. The number of amides is 1. The molecule has 2 aromatic rings. The molecule has 1 aliphatic rings. The summed E-state index contributed by atoms with van der Waals surface area (Å²) in [6, 6.07) is 7.50. The van der Waals surface area contributed by atoms with Crippen molar-refractivity contribution in [3.63, 3.8) is 0 Å². The fourth-order valence-electron chi connectivity index (χ4n) is 3.13. The molecule has 1 aromatic heterocycles. The molecule has 4 nitrogen and oxygen atoms in total. The zero-order valence-electron chi connectivity index (χ0n) is 12.8. The molecule has 0 unspecified atom stereocenters. The molecule has 1 saturated heterocycles. The van der Waals surface area contributed by atoms with E-state index in [4.69, 9.17) is 16.3 Å². The Morgan fingerprint density at radius 1 is 1.45 bits per heavy atom. The Kier molecular flexibility index (Phi) is 4.32. The van der Waals surface area contributed by atoms with Crippen molar-refractivity contribution in [1.82, 2.24) is 9.88 Å². The van der Waals surface area contributed by atoms with Crippen molar-refractivity contribution in [3.05, 3.63) is 40.5 Å². The van der Waals surface area contributed by atoms with Crippen molar-refractivity contribution in [2.75, 3.05) is 20.3 Å². The molecule has 116 valence electrons. The Morgan fingerprint density at radius 3 is 3.05 bits per heavy atom. The molecule has 1 aliphatic heterocycles. The van der Waals surface area contributed by atoms with Gasteiger partial charge in [0.25, 0.3) is 5.91 Å². The van der Waals surface area contributed by atoms with E-state index in [0.29, 0.717) is 17.2 Å². The average Bonchev–Trinajstić information content (AvgIpc) is 2.94. The molecule has 1 atom stereocenters. The van der Waals surface area contributed by atoms with E-state index in [0.717, 1.165) is 36.0 Å². The fraction of sp³-hybridized carbons (Fsp3) is 0.412. The third-order valence-corrected chi connectivity index (χ3v) is 4.36. The minimum absolute atomic E-state index is 0.0531. The monoisotopic (exact) mass is 318 g/mol. The highest BCUT2D eigenvalue weighted by molar-refractivity contribution is 6.31. The number of carbonyl (C=O) groups is 1. The van der Waals surface area contributed by atoms with Gasteiger partial charge >= 0.3 is 0 Å². The minimum atomic E-state index is 0.0531. The van der Waals surface area contributed by atoms with Crippen LogP contribution in [0.4, 0.5) is 0 Å². The van der Waals surface area contributed by atoms with Crippen LogP contribution >= 0.6 is 11.6 Å². The number of likely N-dealkylation sites (tertiary alicyclic amines) is 1. The third-order valence-electron chi connectivity index (χ3n) is 4.13. The largest absolute Gasteiger partial charge is 0.383 e. The number of aryl methyl sites for hydroxylation is 1. The van der Waals surface area contributed by atoms with E-state index in [1.807, 2.05) is 24.0 Å². The quantitative estimate of drug-likeness (QED) is 0.870. The van der Waals surface area contributed by atoms with Gasteiger partial charge in [-0.1, -0.05) is 17.7 Å². The molecule has 0 bridgehead atoms. The number of hydrogen-bond acceptors (Lipinski definition) is 3. The number of methoxy groups -OCH3 is 1. The van der Waals surface area contributed by atoms with Gasteiger partial charge in [0, 0.05) is 29.8 Å². The molecular formula is C17H19ClN2O2. The second kappa shape index (κ2) is 6.23. The van der Waals surface area contributed by atoms with E-state index in [2.05, 4.69) is 4.98 Å². The molecule has 1 fully saturated rings. The molecule has 2 heterocycles. The van der Waals surface area contributed by atoms with Crippen LogP contribution in [0.25, 0.3) is 10.9 Å². The minimum Gasteiger partial charge on any atom is -0.383 e. The van der Waals surface area contributed by atoms with Crippen LogP contribution in [-0.2, 0) is 4.74 Å². The second-order valence-corrected chi connectivity index (χ2v) is 6.16. The van der Waals surface area contributed by atoms with Gasteiger partial charge < -0.3 is 9.64 Å². The van der Waals surface area contributed by atoms with Gasteiger partial charge in [0.1, 0.15) is 0 Å². The van der Waals surface area contributed by atoms with Gasteiger partial charge in [0.2, 0.25) is 0 Å². The van der Waals surface area contributed by atoms with Crippen molar-refractivity contribution in [2.45, 2.75) is 25.8 Å². The molecule has 1 amide bonds. The number of pyridine rings is 1. The molecule has 3 rings (SSSR count). The lowest BCUT2D eigenvalue weighted by atomic mass is 10.1. The first-order valence-corrected chi connectivity index (χ1v) is 7.85. The molecule has 0 N–H and O–H groups in total. The molecule has 0 aliphatic carbocycles. The summed E-state index contributed by atoms with van der Waals surface area (Å²) in [6.07, 6.45) is 2.01. The van der Waals surface area contributed by atoms with Crippen LogP contribution in [0.2, 0.25) is 5.02 Å². The second-order valence-electron chi connectivity index (χ2n) is 5.72. The number of benzene rings is 1. The highest BCUT2D eigenvalue weighted by atomic mass is 35.5. The summed E-state index contributed by atoms with van der Waals surface area (Å²) in [6.45, 7) is 3.26. The smallest absolute Gasteiger partial charge is 0.254 e. The summed E-state index contributed by atoms with van der Waals surface area (Å²) >= 11 is 6.04. The maximum Gasteiger partial charge on any atom is 0.254 e. The molecule has 1 aromatic carbocycles. The molecule has 5 heteroatoms. The van der Waals surface area contributed by atoms with Crippen LogP contribution in [0, 0.1) is 6.92 Å². The number of carbonyl (C=O) groups excluding carboxylic acids is 1. The average molecular weight is 319 g/mol. The van der Waals surface area contributed by atoms with Crippen LogP contribution in [0.3, 0.4) is 0 Å². The first-order chi connectivity index (χ1) is 10.6. The maximum atomic E-state index is 13.0. The lowest BCUT2D eigenvalue weighted by Gasteiger charge is -2.24. The zero-order valence-corrected chi connectivity index (χ0v) is 13.6. The number of halogens is 1. The van der Waals surface area contributed by atoms with Crippen molar-refractivity contribution >= 4 is 28.4 Å². The van der Waals surface area contributed by atoms with Gasteiger partial charge in [0.05, 0.1) is 23.7 Å². The molecular weight excluding hydrogens is 300 g/mol. The van der Waals surface area contributed by atoms with E-state index in [1.54, 1.807) is 19.2 Å². The van der Waals surface area contributed by atoms with Gasteiger partial charge in [-0.05, 0) is 38.0 Å². The number of ether oxygens (including phenoxy) is 1. The number of aromatic nitrogens is 1. The summed E-state index contributed by atoms with van der Waals surface area (Å²) in [4.78, 5) is 19.4. The molecule has 0 saturated carbocycles. The Hall–Kier alpha value is -1.65. The first kappa shape index (κ1) is 15.3. The van der Waals surface area contributed by atoms with Gasteiger partial charge in [-0.25, -0.2) is 0 Å². The van der Waals surface area contributed by atoms with Crippen molar-refractivity contribution in [2.24, 2.45) is 0 Å². The van der Waals surface area contributed by atoms with Gasteiger partial charge in [-0.15, -0.1) is 0 Å². The topological polar surface area (TPSA) is 42.4 Å². The molecule has 0 radical (unpaired) electrons. The normalized spacial score (nSPS) is 18.1. The maximum absolute atomic E-state index is 13.0. The summed E-state index contributed by atoms with van der Waals surface area (Å²) in [5.74, 6) is 0.0531. The highest BCUT2D eigenvalue weighted by Crippen LogP contribution is 2.26. The van der Waals surface area contributed by atoms with Gasteiger partial charge in [-0.2, -0.15) is 0 Å². The van der Waals surface area contributed by atoms with Crippen molar-refractivity contribution in [3.8, 4) is 0 Å². The summed E-state index contributed by atoms with van der Waals surface area (Å²) < 4.78 is 5.25. The summed E-state index contributed by atoms with van der Waals surface area (Å²) in [5, 5.41) is 1.48. The predicted octanol–water partition coefficient (Wildman–Crippen LogP) is 3.45. The molecule has 22 heavy (non-hydrogen) atoms. The van der Waals surface area contributed by atoms with E-state index >= 15 is 0 Å². The van der Waals surface area contributed by atoms with Crippen LogP contribution in [0.15, 0.2) is 24.3 Å². The van der Waals surface area contributed by atoms with Crippen LogP contribution in [-0.4, -0.2) is 42.1 Å². The number of fused-ring (bicyclic) bond motifs is 1. The number of rotatable bonds is 3. The zero-order chi connectivity index (χ0) is 15.7. The predicted molar refractivity (Wildman–Crippen MR) is 87.4 cm³/mol. The van der Waals surface area contributed by atoms with Gasteiger partial charge in [0.15, 0.2) is 0 Å². The number of nitrogens with zero attached hydrogens (tertiary/aromatic N) is 2. The summed E-state index contributed by atoms with van der Waals surface area (Å²) in [7, 11) is 1.68. The standard InChI is InChI=1S/C17H19ClN2O2/c1-11-8-15(14-6-5-12(18)9-16(14)19-11)17(21)20-7-3-4-13(20)10-22-2/h5-6,8-9,13H,3-4,7,10H2,1-2H3/t13-/m1/s1. The number of hydrogen-bond donors (Lipinski definition) is 0. The Labute approximate surface area is 135 Å². The summed E-state index contributed by atoms with van der Waals surface area (Å²) in [5.41, 5.74) is 2.28.